The molecule has 0 fully saturated rings. The molecular weight excluding hydrogens is 190 g/mol. The fourth-order valence-electron chi connectivity index (χ4n) is 1.19. The summed E-state index contributed by atoms with van der Waals surface area (Å²) in [6.45, 7) is 0.867. The van der Waals surface area contributed by atoms with E-state index in [0.29, 0.717) is 0 Å². The van der Waals surface area contributed by atoms with E-state index in [1.807, 2.05) is 6.07 Å². The Labute approximate surface area is 68.6 Å². The van der Waals surface area contributed by atoms with E-state index in [9.17, 15) is 0 Å². The molecule has 0 aromatic heterocycles. The molecule has 1 atom stereocenters. The molecule has 1 aromatic carbocycles. The quantitative estimate of drug-likeness (QED) is 0.447. The van der Waals surface area contributed by atoms with E-state index in [1.165, 1.54) is 11.1 Å². The Morgan fingerprint density at radius 2 is 2.20 bits per heavy atom. The van der Waals surface area contributed by atoms with Crippen molar-refractivity contribution < 1.29 is 0 Å². The smallest absolute Gasteiger partial charge is 0.105 e. The standard InChI is InChI=1S/C8H7BrN/c9-8-7-4-2-1-3-6(7)5-10-8/h1-4,8H,5H2. The summed E-state index contributed by atoms with van der Waals surface area (Å²) in [6.07, 6.45) is 0. The third-order valence-corrected chi connectivity index (χ3v) is 2.52. The first-order chi connectivity index (χ1) is 4.88. The number of hydrogen-bond donors (Lipinski definition) is 0. The third kappa shape index (κ3) is 0.879. The zero-order chi connectivity index (χ0) is 6.97. The molecule has 1 aliphatic rings. The number of halogens is 1. The van der Waals surface area contributed by atoms with Crippen LogP contribution < -0.4 is 5.32 Å². The molecule has 0 aliphatic carbocycles. The Morgan fingerprint density at radius 3 is 3.00 bits per heavy atom. The minimum absolute atomic E-state index is 0.240. The van der Waals surface area contributed by atoms with E-state index >= 15 is 0 Å². The summed E-state index contributed by atoms with van der Waals surface area (Å²) in [7, 11) is 0. The van der Waals surface area contributed by atoms with Crippen LogP contribution >= 0.6 is 15.9 Å². The van der Waals surface area contributed by atoms with Gasteiger partial charge in [0.1, 0.15) is 4.95 Å². The molecule has 2 heteroatoms. The van der Waals surface area contributed by atoms with Gasteiger partial charge in [0, 0.05) is 6.54 Å². The van der Waals surface area contributed by atoms with E-state index in [1.54, 1.807) is 0 Å². The number of rotatable bonds is 0. The van der Waals surface area contributed by atoms with Gasteiger partial charge in [-0.2, -0.15) is 0 Å². The first-order valence-corrected chi connectivity index (χ1v) is 4.18. The topological polar surface area (TPSA) is 14.1 Å². The molecule has 0 saturated heterocycles. The normalized spacial score (nSPS) is 22.7. The van der Waals surface area contributed by atoms with Crippen LogP contribution in [0.1, 0.15) is 16.1 Å². The Kier molecular flexibility index (Phi) is 1.51. The monoisotopic (exact) mass is 196 g/mol. The van der Waals surface area contributed by atoms with Crippen LogP contribution in [-0.4, -0.2) is 0 Å². The van der Waals surface area contributed by atoms with Gasteiger partial charge in [0.05, 0.1) is 0 Å². The molecule has 0 N–H and O–H groups in total. The predicted octanol–water partition coefficient (Wildman–Crippen LogP) is 2.20. The lowest BCUT2D eigenvalue weighted by Gasteiger charge is -1.98. The number of alkyl halides is 1. The maximum absolute atomic E-state index is 4.32. The molecule has 0 saturated carbocycles. The highest BCUT2D eigenvalue weighted by atomic mass is 79.9. The molecule has 0 bridgehead atoms. The molecule has 0 amide bonds. The minimum atomic E-state index is 0.240. The van der Waals surface area contributed by atoms with E-state index < -0.39 is 0 Å². The maximum atomic E-state index is 4.32. The highest BCUT2D eigenvalue weighted by molar-refractivity contribution is 9.09. The molecule has 1 aromatic rings. The van der Waals surface area contributed by atoms with Gasteiger partial charge in [-0.3, -0.25) is 0 Å². The molecule has 51 valence electrons. The SMILES string of the molecule is BrC1[N]Cc2ccccc21. The number of nitrogens with zero attached hydrogens (tertiary/aromatic N) is 1. The fourth-order valence-corrected chi connectivity index (χ4v) is 1.78. The van der Waals surface area contributed by atoms with Gasteiger partial charge >= 0.3 is 0 Å². The summed E-state index contributed by atoms with van der Waals surface area (Å²) in [6, 6.07) is 8.35. The molecule has 1 nitrogen and oxygen atoms in total. The zero-order valence-electron chi connectivity index (χ0n) is 5.42. The highest BCUT2D eigenvalue weighted by Gasteiger charge is 2.18. The van der Waals surface area contributed by atoms with Crippen LogP contribution in [-0.2, 0) is 6.54 Å². The second-order valence-corrected chi connectivity index (χ2v) is 3.24. The summed E-state index contributed by atoms with van der Waals surface area (Å²) in [4.78, 5) is 0.240. The molecular formula is C8H7BrN. The van der Waals surface area contributed by atoms with Gasteiger partial charge in [0.25, 0.3) is 0 Å². The van der Waals surface area contributed by atoms with Gasteiger partial charge in [-0.05, 0) is 11.1 Å². The summed E-state index contributed by atoms with van der Waals surface area (Å²) < 4.78 is 0. The molecule has 0 spiro atoms. The van der Waals surface area contributed by atoms with E-state index in [2.05, 4.69) is 39.4 Å². The van der Waals surface area contributed by atoms with Crippen LogP contribution in [0.5, 0.6) is 0 Å². The average Bonchev–Trinajstić information content (AvgIpc) is 2.34. The van der Waals surface area contributed by atoms with Gasteiger partial charge in [0.15, 0.2) is 0 Å². The van der Waals surface area contributed by atoms with Crippen LogP contribution in [0.2, 0.25) is 0 Å². The van der Waals surface area contributed by atoms with Crippen LogP contribution in [0.15, 0.2) is 24.3 Å². The van der Waals surface area contributed by atoms with Crippen molar-refractivity contribution >= 4 is 15.9 Å². The van der Waals surface area contributed by atoms with Gasteiger partial charge in [0.2, 0.25) is 0 Å². The van der Waals surface area contributed by atoms with E-state index in [4.69, 9.17) is 0 Å². The second-order valence-electron chi connectivity index (χ2n) is 2.38. The molecule has 2 rings (SSSR count). The van der Waals surface area contributed by atoms with Crippen molar-refractivity contribution in [3.8, 4) is 0 Å². The number of hydrogen-bond acceptors (Lipinski definition) is 0. The van der Waals surface area contributed by atoms with Crippen LogP contribution in [0.4, 0.5) is 0 Å². The zero-order valence-corrected chi connectivity index (χ0v) is 7.01. The Bertz CT molecular complexity index is 247. The van der Waals surface area contributed by atoms with Gasteiger partial charge in [-0.1, -0.05) is 40.2 Å². The summed E-state index contributed by atoms with van der Waals surface area (Å²) >= 11 is 3.47. The lowest BCUT2D eigenvalue weighted by molar-refractivity contribution is 0.739. The highest BCUT2D eigenvalue weighted by Crippen LogP contribution is 2.30. The Hall–Kier alpha value is -0.340. The van der Waals surface area contributed by atoms with Crippen molar-refractivity contribution in [3.63, 3.8) is 0 Å². The summed E-state index contributed by atoms with van der Waals surface area (Å²) in [5, 5.41) is 4.32. The van der Waals surface area contributed by atoms with Crippen molar-refractivity contribution in [1.82, 2.24) is 5.32 Å². The number of fused-ring (bicyclic) bond motifs is 1. The predicted molar refractivity (Wildman–Crippen MR) is 43.9 cm³/mol. The third-order valence-electron chi connectivity index (χ3n) is 1.73. The minimum Gasteiger partial charge on any atom is -0.217 e. The fraction of sp³-hybridized carbons (Fsp3) is 0.250. The summed E-state index contributed by atoms with van der Waals surface area (Å²) in [5.74, 6) is 0. The van der Waals surface area contributed by atoms with Crippen molar-refractivity contribution in [2.24, 2.45) is 0 Å². The molecule has 1 aliphatic heterocycles. The lowest BCUT2D eigenvalue weighted by Crippen LogP contribution is -1.93. The Balaban J connectivity index is 2.51. The first-order valence-electron chi connectivity index (χ1n) is 3.26. The van der Waals surface area contributed by atoms with E-state index in [-0.39, 0.29) is 4.95 Å². The molecule has 1 unspecified atom stereocenters. The van der Waals surface area contributed by atoms with E-state index in [0.717, 1.165) is 6.54 Å². The van der Waals surface area contributed by atoms with Gasteiger partial charge in [-0.15, -0.1) is 0 Å². The van der Waals surface area contributed by atoms with Crippen LogP contribution in [0, 0.1) is 0 Å². The van der Waals surface area contributed by atoms with Crippen molar-refractivity contribution in [2.45, 2.75) is 11.5 Å². The number of benzene rings is 1. The Morgan fingerprint density at radius 1 is 1.40 bits per heavy atom. The van der Waals surface area contributed by atoms with Crippen molar-refractivity contribution in [3.05, 3.63) is 35.4 Å². The van der Waals surface area contributed by atoms with Crippen molar-refractivity contribution in [1.29, 1.82) is 0 Å². The van der Waals surface area contributed by atoms with Gasteiger partial charge < -0.3 is 0 Å². The largest absolute Gasteiger partial charge is 0.217 e. The van der Waals surface area contributed by atoms with Crippen LogP contribution in [0.25, 0.3) is 0 Å². The summed E-state index contributed by atoms with van der Waals surface area (Å²) in [5.41, 5.74) is 2.67. The lowest BCUT2D eigenvalue weighted by atomic mass is 10.1. The van der Waals surface area contributed by atoms with Crippen LogP contribution in [0.3, 0.4) is 0 Å². The maximum Gasteiger partial charge on any atom is 0.105 e. The second kappa shape index (κ2) is 2.36. The first kappa shape index (κ1) is 6.38. The average molecular weight is 197 g/mol. The molecule has 1 heterocycles. The van der Waals surface area contributed by atoms with Gasteiger partial charge in [-0.25, -0.2) is 5.32 Å². The molecule has 10 heavy (non-hydrogen) atoms. The van der Waals surface area contributed by atoms with Crippen molar-refractivity contribution in [2.75, 3.05) is 0 Å². The molecule has 1 radical (unpaired) electrons.